The monoisotopic (exact) mass is 339 g/mol. The second kappa shape index (κ2) is 6.86. The van der Waals surface area contributed by atoms with Crippen LogP contribution in [0.1, 0.15) is 23.2 Å². The minimum atomic E-state index is -3.73. The van der Waals surface area contributed by atoms with E-state index in [0.717, 1.165) is 30.7 Å². The standard InChI is InChI=1S/C11H17N3O3S2.ClH/c1-13-6-9-3-2-4-14(9)11(15)8-5-10(18-7-8)19(12,16)17;/h5,7,9,13H,2-4,6H2,1H3,(H2,12,16,17);1H. The molecular formula is C11H18ClN3O3S2. The zero-order valence-corrected chi connectivity index (χ0v) is 13.5. The van der Waals surface area contributed by atoms with Gasteiger partial charge in [-0.15, -0.1) is 23.7 Å². The van der Waals surface area contributed by atoms with Gasteiger partial charge in [-0.3, -0.25) is 4.79 Å². The summed E-state index contributed by atoms with van der Waals surface area (Å²) in [5.74, 6) is -0.121. The van der Waals surface area contributed by atoms with Gasteiger partial charge in [-0.05, 0) is 26.0 Å². The number of primary sulfonamides is 1. The largest absolute Gasteiger partial charge is 0.334 e. The van der Waals surface area contributed by atoms with Crippen LogP contribution in [0.4, 0.5) is 0 Å². The topological polar surface area (TPSA) is 92.5 Å². The zero-order valence-electron chi connectivity index (χ0n) is 11.0. The summed E-state index contributed by atoms with van der Waals surface area (Å²) in [7, 11) is -1.88. The predicted molar refractivity (Wildman–Crippen MR) is 80.9 cm³/mol. The smallest absolute Gasteiger partial charge is 0.255 e. The van der Waals surface area contributed by atoms with Gasteiger partial charge in [0.2, 0.25) is 10.0 Å². The van der Waals surface area contributed by atoms with Crippen molar-refractivity contribution in [2.45, 2.75) is 23.1 Å². The highest BCUT2D eigenvalue weighted by molar-refractivity contribution is 7.91. The molecule has 0 bridgehead atoms. The fourth-order valence-electron chi connectivity index (χ4n) is 2.29. The van der Waals surface area contributed by atoms with E-state index in [1.165, 1.54) is 6.07 Å². The maximum atomic E-state index is 12.3. The van der Waals surface area contributed by atoms with E-state index in [1.54, 1.807) is 10.3 Å². The highest BCUT2D eigenvalue weighted by atomic mass is 35.5. The Bertz CT molecular complexity index is 573. The lowest BCUT2D eigenvalue weighted by Crippen LogP contribution is -2.40. The summed E-state index contributed by atoms with van der Waals surface area (Å²) in [6, 6.07) is 1.53. The van der Waals surface area contributed by atoms with Crippen LogP contribution in [0.3, 0.4) is 0 Å². The molecule has 0 spiro atoms. The van der Waals surface area contributed by atoms with Gasteiger partial charge in [0.05, 0.1) is 5.56 Å². The van der Waals surface area contributed by atoms with Crippen LogP contribution in [0.15, 0.2) is 15.7 Å². The molecule has 0 aromatic carbocycles. The molecule has 1 aliphatic heterocycles. The summed E-state index contributed by atoms with van der Waals surface area (Å²) < 4.78 is 22.4. The first-order chi connectivity index (χ1) is 8.93. The van der Waals surface area contributed by atoms with Crippen molar-refractivity contribution in [2.75, 3.05) is 20.1 Å². The molecule has 1 aromatic heterocycles. The Morgan fingerprint density at radius 2 is 2.30 bits per heavy atom. The number of hydrogen-bond acceptors (Lipinski definition) is 5. The molecule has 1 unspecified atom stereocenters. The van der Waals surface area contributed by atoms with Crippen LogP contribution in [-0.2, 0) is 10.0 Å². The van der Waals surface area contributed by atoms with Crippen molar-refractivity contribution in [1.82, 2.24) is 10.2 Å². The number of carbonyl (C=O) groups is 1. The van der Waals surface area contributed by atoms with E-state index in [9.17, 15) is 13.2 Å². The van der Waals surface area contributed by atoms with E-state index >= 15 is 0 Å². The van der Waals surface area contributed by atoms with E-state index in [2.05, 4.69) is 5.32 Å². The van der Waals surface area contributed by atoms with Crippen molar-refractivity contribution in [3.63, 3.8) is 0 Å². The van der Waals surface area contributed by atoms with Gasteiger partial charge in [0.1, 0.15) is 4.21 Å². The number of likely N-dealkylation sites (tertiary alicyclic amines) is 1. The van der Waals surface area contributed by atoms with E-state index in [4.69, 9.17) is 5.14 Å². The normalized spacial score (nSPS) is 18.9. The third kappa shape index (κ3) is 3.70. The lowest BCUT2D eigenvalue weighted by atomic mass is 10.2. The molecule has 2 heterocycles. The summed E-state index contributed by atoms with van der Waals surface area (Å²) >= 11 is 0.982. The lowest BCUT2D eigenvalue weighted by Gasteiger charge is -2.24. The fourth-order valence-corrected chi connectivity index (χ4v) is 3.87. The Hall–Kier alpha value is -0.670. The Morgan fingerprint density at radius 1 is 1.60 bits per heavy atom. The van der Waals surface area contributed by atoms with Gasteiger partial charge in [-0.2, -0.15) is 0 Å². The lowest BCUT2D eigenvalue weighted by molar-refractivity contribution is 0.0737. The van der Waals surface area contributed by atoms with Crippen molar-refractivity contribution in [1.29, 1.82) is 0 Å². The number of likely N-dealkylation sites (N-methyl/N-ethyl adjacent to an activating group) is 1. The SMILES string of the molecule is CNCC1CCCN1C(=O)c1csc(S(N)(=O)=O)c1.Cl. The van der Waals surface area contributed by atoms with E-state index in [0.29, 0.717) is 12.1 Å². The maximum Gasteiger partial charge on any atom is 0.255 e. The number of thiophene rings is 1. The van der Waals surface area contributed by atoms with Gasteiger partial charge in [0.25, 0.3) is 5.91 Å². The quantitative estimate of drug-likeness (QED) is 0.842. The van der Waals surface area contributed by atoms with Crippen LogP contribution in [0, 0.1) is 0 Å². The minimum absolute atomic E-state index is 0. The molecule has 0 radical (unpaired) electrons. The molecular weight excluding hydrogens is 322 g/mol. The summed E-state index contributed by atoms with van der Waals surface area (Å²) in [6.45, 7) is 1.46. The first-order valence-corrected chi connectivity index (χ1v) is 8.43. The Labute approximate surface area is 128 Å². The third-order valence-corrected chi connectivity index (χ3v) is 5.57. The minimum Gasteiger partial charge on any atom is -0.334 e. The first kappa shape index (κ1) is 17.4. The van der Waals surface area contributed by atoms with Crippen LogP contribution in [-0.4, -0.2) is 45.4 Å². The molecule has 1 aromatic rings. The molecule has 1 aliphatic rings. The number of hydrogen-bond donors (Lipinski definition) is 2. The van der Waals surface area contributed by atoms with Crippen molar-refractivity contribution >= 4 is 39.7 Å². The number of carbonyl (C=O) groups excluding carboxylic acids is 1. The van der Waals surface area contributed by atoms with E-state index in [1.807, 2.05) is 7.05 Å². The molecule has 2 rings (SSSR count). The van der Waals surface area contributed by atoms with Crippen LogP contribution in [0.5, 0.6) is 0 Å². The Kier molecular flexibility index (Phi) is 5.96. The number of nitrogens with one attached hydrogen (secondary N) is 1. The molecule has 114 valence electrons. The molecule has 0 aliphatic carbocycles. The summed E-state index contributed by atoms with van der Waals surface area (Å²) in [5.41, 5.74) is 0.400. The molecule has 1 fully saturated rings. The number of amides is 1. The number of nitrogens with two attached hydrogens (primary N) is 1. The maximum absolute atomic E-state index is 12.3. The Morgan fingerprint density at radius 3 is 2.85 bits per heavy atom. The molecule has 6 nitrogen and oxygen atoms in total. The van der Waals surface area contributed by atoms with Gasteiger partial charge in [0.15, 0.2) is 0 Å². The van der Waals surface area contributed by atoms with Crippen LogP contribution >= 0.6 is 23.7 Å². The van der Waals surface area contributed by atoms with Crippen molar-refractivity contribution in [3.8, 4) is 0 Å². The van der Waals surface area contributed by atoms with Crippen molar-refractivity contribution in [3.05, 3.63) is 17.0 Å². The highest BCUT2D eigenvalue weighted by Gasteiger charge is 2.29. The zero-order chi connectivity index (χ0) is 14.0. The van der Waals surface area contributed by atoms with Gasteiger partial charge >= 0.3 is 0 Å². The van der Waals surface area contributed by atoms with E-state index in [-0.39, 0.29) is 28.6 Å². The molecule has 0 saturated carbocycles. The van der Waals surface area contributed by atoms with E-state index < -0.39 is 10.0 Å². The summed E-state index contributed by atoms with van der Waals surface area (Å²) in [5, 5.41) is 9.67. The molecule has 20 heavy (non-hydrogen) atoms. The molecule has 1 amide bonds. The number of nitrogens with zero attached hydrogens (tertiary/aromatic N) is 1. The molecule has 9 heteroatoms. The summed E-state index contributed by atoms with van der Waals surface area (Å²) in [4.78, 5) is 14.1. The number of rotatable bonds is 4. The third-order valence-electron chi connectivity index (χ3n) is 3.18. The van der Waals surface area contributed by atoms with Crippen LogP contribution in [0.2, 0.25) is 0 Å². The fraction of sp³-hybridized carbons (Fsp3) is 0.545. The highest BCUT2D eigenvalue weighted by Crippen LogP contribution is 2.24. The second-order valence-corrected chi connectivity index (χ2v) is 7.25. The first-order valence-electron chi connectivity index (χ1n) is 6.00. The summed E-state index contributed by atoms with van der Waals surface area (Å²) in [6.07, 6.45) is 1.95. The van der Waals surface area contributed by atoms with Gasteiger partial charge in [-0.1, -0.05) is 0 Å². The average molecular weight is 340 g/mol. The van der Waals surface area contributed by atoms with Crippen LogP contribution < -0.4 is 10.5 Å². The molecule has 3 N–H and O–H groups in total. The van der Waals surface area contributed by atoms with Gasteiger partial charge in [0, 0.05) is 24.5 Å². The van der Waals surface area contributed by atoms with Crippen LogP contribution in [0.25, 0.3) is 0 Å². The van der Waals surface area contributed by atoms with Crippen molar-refractivity contribution < 1.29 is 13.2 Å². The molecule has 1 atom stereocenters. The number of halogens is 1. The van der Waals surface area contributed by atoms with Gasteiger partial charge < -0.3 is 10.2 Å². The van der Waals surface area contributed by atoms with Gasteiger partial charge in [-0.25, -0.2) is 13.6 Å². The molecule has 1 saturated heterocycles. The number of sulfonamides is 1. The average Bonchev–Trinajstić information content (AvgIpc) is 2.96. The second-order valence-electron chi connectivity index (χ2n) is 4.55. The van der Waals surface area contributed by atoms with Crippen molar-refractivity contribution in [2.24, 2.45) is 5.14 Å². The predicted octanol–water partition coefficient (Wildman–Crippen LogP) is 0.641. The Balaban J connectivity index is 0.00000200.